The van der Waals surface area contributed by atoms with Gasteiger partial charge in [0.25, 0.3) is 0 Å². The highest BCUT2D eigenvalue weighted by Crippen LogP contribution is 2.27. The van der Waals surface area contributed by atoms with Crippen LogP contribution in [-0.2, 0) is 11.4 Å². The average molecular weight is 355 g/mol. The summed E-state index contributed by atoms with van der Waals surface area (Å²) in [5.41, 5.74) is 5.30. The van der Waals surface area contributed by atoms with E-state index in [9.17, 15) is 9.90 Å². The fraction of sp³-hybridized carbons (Fsp3) is 0.409. The standard InChI is InChI=1S/C22H29NO3/c1-3-4-10-17(2)15-21(19-13-8-9-14-20(19)22(24)25)23-26-16-18-11-6-5-7-12-18/h5-9,11-14,17,21,23H,3-4,10,15-16H2,1-2H3,(H,24,25). The largest absolute Gasteiger partial charge is 0.478 e. The van der Waals surface area contributed by atoms with E-state index < -0.39 is 5.97 Å². The molecular formula is C22H29NO3. The number of aromatic carboxylic acids is 1. The van der Waals surface area contributed by atoms with Gasteiger partial charge in [-0.05, 0) is 29.5 Å². The molecule has 0 amide bonds. The number of carbonyl (C=O) groups is 1. The van der Waals surface area contributed by atoms with Crippen LogP contribution in [0.3, 0.4) is 0 Å². The van der Waals surface area contributed by atoms with Gasteiger partial charge in [0.15, 0.2) is 0 Å². The van der Waals surface area contributed by atoms with Crippen molar-refractivity contribution in [2.75, 3.05) is 0 Å². The zero-order valence-electron chi connectivity index (χ0n) is 15.7. The van der Waals surface area contributed by atoms with Gasteiger partial charge in [-0.15, -0.1) is 0 Å². The zero-order valence-corrected chi connectivity index (χ0v) is 15.7. The molecule has 140 valence electrons. The maximum atomic E-state index is 11.6. The Balaban J connectivity index is 2.09. The Morgan fingerprint density at radius 2 is 1.81 bits per heavy atom. The topological polar surface area (TPSA) is 58.6 Å². The van der Waals surface area contributed by atoms with Crippen molar-refractivity contribution in [1.29, 1.82) is 0 Å². The number of carboxylic acid groups (broad SMARTS) is 1. The lowest BCUT2D eigenvalue weighted by molar-refractivity contribution is -0.00273. The molecular weight excluding hydrogens is 326 g/mol. The van der Waals surface area contributed by atoms with Crippen LogP contribution in [0.25, 0.3) is 0 Å². The molecule has 2 aromatic rings. The second-order valence-electron chi connectivity index (χ2n) is 6.82. The minimum Gasteiger partial charge on any atom is -0.478 e. The molecule has 2 unspecified atom stereocenters. The van der Waals surface area contributed by atoms with Gasteiger partial charge in [-0.3, -0.25) is 4.84 Å². The van der Waals surface area contributed by atoms with Crippen LogP contribution in [0.5, 0.6) is 0 Å². The molecule has 0 aliphatic rings. The Labute approximate surface area is 156 Å². The summed E-state index contributed by atoms with van der Waals surface area (Å²) in [4.78, 5) is 17.3. The molecule has 2 atom stereocenters. The minimum absolute atomic E-state index is 0.155. The number of benzene rings is 2. The lowest BCUT2D eigenvalue weighted by atomic mass is 9.90. The Morgan fingerprint density at radius 3 is 2.50 bits per heavy atom. The predicted molar refractivity (Wildman–Crippen MR) is 104 cm³/mol. The average Bonchev–Trinajstić information content (AvgIpc) is 2.66. The van der Waals surface area contributed by atoms with E-state index in [1.807, 2.05) is 42.5 Å². The summed E-state index contributed by atoms with van der Waals surface area (Å²) in [6.07, 6.45) is 4.31. The first-order chi connectivity index (χ1) is 12.6. The Morgan fingerprint density at radius 1 is 1.12 bits per heavy atom. The molecule has 4 heteroatoms. The molecule has 0 fully saturated rings. The van der Waals surface area contributed by atoms with E-state index in [4.69, 9.17) is 4.84 Å². The molecule has 2 aromatic carbocycles. The third-order valence-corrected chi connectivity index (χ3v) is 4.56. The molecule has 0 bridgehead atoms. The third-order valence-electron chi connectivity index (χ3n) is 4.56. The van der Waals surface area contributed by atoms with Gasteiger partial charge < -0.3 is 5.11 Å². The molecule has 0 radical (unpaired) electrons. The van der Waals surface area contributed by atoms with Crippen molar-refractivity contribution >= 4 is 5.97 Å². The fourth-order valence-corrected chi connectivity index (χ4v) is 3.11. The summed E-state index contributed by atoms with van der Waals surface area (Å²) in [7, 11) is 0. The molecule has 0 aliphatic carbocycles. The van der Waals surface area contributed by atoms with E-state index in [1.165, 1.54) is 12.8 Å². The summed E-state index contributed by atoms with van der Waals surface area (Å²) >= 11 is 0. The highest BCUT2D eigenvalue weighted by molar-refractivity contribution is 5.89. The second kappa shape index (κ2) is 10.7. The number of hydrogen-bond acceptors (Lipinski definition) is 3. The second-order valence-corrected chi connectivity index (χ2v) is 6.82. The first-order valence-electron chi connectivity index (χ1n) is 9.35. The highest BCUT2D eigenvalue weighted by Gasteiger charge is 2.21. The number of carboxylic acids is 1. The van der Waals surface area contributed by atoms with Crippen LogP contribution in [0.2, 0.25) is 0 Å². The van der Waals surface area contributed by atoms with Gasteiger partial charge in [0.2, 0.25) is 0 Å². The van der Waals surface area contributed by atoms with Crippen LogP contribution in [0.1, 0.15) is 67.1 Å². The molecule has 0 saturated heterocycles. The van der Waals surface area contributed by atoms with Crippen LogP contribution < -0.4 is 5.48 Å². The number of hydrogen-bond donors (Lipinski definition) is 2. The van der Waals surface area contributed by atoms with Crippen LogP contribution in [0.4, 0.5) is 0 Å². The molecule has 26 heavy (non-hydrogen) atoms. The molecule has 2 rings (SSSR count). The lowest BCUT2D eigenvalue weighted by Gasteiger charge is -2.24. The van der Waals surface area contributed by atoms with Crippen molar-refractivity contribution < 1.29 is 14.7 Å². The van der Waals surface area contributed by atoms with E-state index in [-0.39, 0.29) is 6.04 Å². The fourth-order valence-electron chi connectivity index (χ4n) is 3.11. The Kier molecular flexibility index (Phi) is 8.32. The van der Waals surface area contributed by atoms with Gasteiger partial charge in [0.05, 0.1) is 18.2 Å². The van der Waals surface area contributed by atoms with Crippen molar-refractivity contribution in [3.8, 4) is 0 Å². The van der Waals surface area contributed by atoms with E-state index in [0.717, 1.165) is 24.0 Å². The molecule has 0 saturated carbocycles. The SMILES string of the molecule is CCCCC(C)CC(NOCc1ccccc1)c1ccccc1C(=O)O. The van der Waals surface area contributed by atoms with E-state index >= 15 is 0 Å². The number of rotatable bonds is 11. The van der Waals surface area contributed by atoms with E-state index in [1.54, 1.807) is 12.1 Å². The molecule has 0 spiro atoms. The molecule has 0 heterocycles. The number of unbranched alkanes of at least 4 members (excludes halogenated alkanes) is 1. The third kappa shape index (κ3) is 6.28. The van der Waals surface area contributed by atoms with Crippen molar-refractivity contribution in [3.05, 3.63) is 71.3 Å². The smallest absolute Gasteiger partial charge is 0.336 e. The Hall–Kier alpha value is -2.17. The highest BCUT2D eigenvalue weighted by atomic mass is 16.6. The van der Waals surface area contributed by atoms with Crippen molar-refractivity contribution in [3.63, 3.8) is 0 Å². The maximum absolute atomic E-state index is 11.6. The van der Waals surface area contributed by atoms with E-state index in [0.29, 0.717) is 18.1 Å². The summed E-state index contributed by atoms with van der Waals surface area (Å²) in [6.45, 7) is 4.84. The summed E-state index contributed by atoms with van der Waals surface area (Å²) in [5.74, 6) is -0.425. The van der Waals surface area contributed by atoms with Crippen LogP contribution >= 0.6 is 0 Å². The first kappa shape index (κ1) is 20.1. The summed E-state index contributed by atoms with van der Waals surface area (Å²) in [5, 5.41) is 9.52. The molecule has 0 aliphatic heterocycles. The maximum Gasteiger partial charge on any atom is 0.336 e. The molecule has 0 aromatic heterocycles. The quantitative estimate of drug-likeness (QED) is 0.533. The van der Waals surface area contributed by atoms with Gasteiger partial charge in [-0.2, -0.15) is 5.48 Å². The minimum atomic E-state index is -0.906. The van der Waals surface area contributed by atoms with Gasteiger partial charge in [0.1, 0.15) is 0 Å². The van der Waals surface area contributed by atoms with E-state index in [2.05, 4.69) is 19.3 Å². The van der Waals surface area contributed by atoms with Crippen molar-refractivity contribution in [1.82, 2.24) is 5.48 Å². The first-order valence-corrected chi connectivity index (χ1v) is 9.35. The summed E-state index contributed by atoms with van der Waals surface area (Å²) < 4.78 is 0. The van der Waals surface area contributed by atoms with Gasteiger partial charge >= 0.3 is 5.97 Å². The van der Waals surface area contributed by atoms with Crippen LogP contribution in [0, 0.1) is 5.92 Å². The summed E-state index contributed by atoms with van der Waals surface area (Å²) in [6, 6.07) is 16.9. The van der Waals surface area contributed by atoms with Crippen LogP contribution in [-0.4, -0.2) is 11.1 Å². The normalized spacial score (nSPS) is 13.3. The van der Waals surface area contributed by atoms with Crippen LogP contribution in [0.15, 0.2) is 54.6 Å². The zero-order chi connectivity index (χ0) is 18.8. The van der Waals surface area contributed by atoms with Crippen molar-refractivity contribution in [2.24, 2.45) is 5.92 Å². The Bertz CT molecular complexity index is 672. The molecule has 2 N–H and O–H groups in total. The number of nitrogens with one attached hydrogen (secondary N) is 1. The number of hydroxylamine groups is 1. The molecule has 4 nitrogen and oxygen atoms in total. The van der Waals surface area contributed by atoms with Gasteiger partial charge in [0, 0.05) is 0 Å². The van der Waals surface area contributed by atoms with Gasteiger partial charge in [-0.1, -0.05) is 81.6 Å². The lowest BCUT2D eigenvalue weighted by Crippen LogP contribution is -2.25. The van der Waals surface area contributed by atoms with Gasteiger partial charge in [-0.25, -0.2) is 4.79 Å². The monoisotopic (exact) mass is 355 g/mol. The predicted octanol–water partition coefficient (Wildman–Crippen LogP) is 5.36. The van der Waals surface area contributed by atoms with Crippen molar-refractivity contribution in [2.45, 2.75) is 52.2 Å².